The van der Waals surface area contributed by atoms with E-state index in [1.807, 2.05) is 13.8 Å². The van der Waals surface area contributed by atoms with Crippen LogP contribution in [0.2, 0.25) is 0 Å². The summed E-state index contributed by atoms with van der Waals surface area (Å²) in [4.78, 5) is 17.0. The van der Waals surface area contributed by atoms with E-state index >= 15 is 0 Å². The molecule has 1 aromatic carbocycles. The minimum absolute atomic E-state index is 0.196. The number of phenols is 1. The van der Waals surface area contributed by atoms with Gasteiger partial charge in [0.2, 0.25) is 0 Å². The first-order valence-corrected chi connectivity index (χ1v) is 6.66. The van der Waals surface area contributed by atoms with Crippen molar-refractivity contribution in [3.05, 3.63) is 29.8 Å². The SMILES string of the molecule is CCO/N=C(\CC)C(Cc1ccc(O)cc1)C(=O)OC. The average molecular weight is 279 g/mol. The molecule has 1 aromatic rings. The Morgan fingerprint density at radius 1 is 1.30 bits per heavy atom. The third-order valence-corrected chi connectivity index (χ3v) is 2.94. The van der Waals surface area contributed by atoms with Crippen molar-refractivity contribution >= 4 is 11.7 Å². The molecule has 0 saturated heterocycles. The number of ether oxygens (including phenoxy) is 1. The molecule has 0 heterocycles. The first kappa shape index (κ1) is 16.0. The zero-order valence-corrected chi connectivity index (χ0v) is 12.1. The van der Waals surface area contributed by atoms with Crippen LogP contribution < -0.4 is 0 Å². The summed E-state index contributed by atoms with van der Waals surface area (Å²) in [6.07, 6.45) is 1.07. The van der Waals surface area contributed by atoms with Gasteiger partial charge in [-0.1, -0.05) is 24.2 Å². The Bertz CT molecular complexity index is 453. The smallest absolute Gasteiger partial charge is 0.314 e. The molecule has 0 aliphatic carbocycles. The average Bonchev–Trinajstić information content (AvgIpc) is 2.47. The predicted octanol–water partition coefficient (Wildman–Crippen LogP) is 2.53. The fourth-order valence-corrected chi connectivity index (χ4v) is 1.87. The minimum Gasteiger partial charge on any atom is -0.508 e. The maximum absolute atomic E-state index is 11.9. The third kappa shape index (κ3) is 4.57. The number of benzene rings is 1. The lowest BCUT2D eigenvalue weighted by Crippen LogP contribution is -2.27. The van der Waals surface area contributed by atoms with Gasteiger partial charge in [0.05, 0.1) is 12.8 Å². The number of hydrogen-bond acceptors (Lipinski definition) is 5. The Balaban J connectivity index is 2.93. The molecule has 0 saturated carbocycles. The number of oxime groups is 1. The van der Waals surface area contributed by atoms with Gasteiger partial charge in [-0.2, -0.15) is 0 Å². The summed E-state index contributed by atoms with van der Waals surface area (Å²) in [6.45, 7) is 4.21. The number of carbonyl (C=O) groups is 1. The summed E-state index contributed by atoms with van der Waals surface area (Å²) < 4.78 is 4.85. The normalized spacial score (nSPS) is 12.8. The Morgan fingerprint density at radius 2 is 1.95 bits per heavy atom. The zero-order chi connectivity index (χ0) is 15.0. The van der Waals surface area contributed by atoms with Crippen LogP contribution in [0, 0.1) is 5.92 Å². The van der Waals surface area contributed by atoms with Crippen molar-refractivity contribution in [2.45, 2.75) is 26.7 Å². The van der Waals surface area contributed by atoms with E-state index in [0.29, 0.717) is 25.2 Å². The van der Waals surface area contributed by atoms with Crippen LogP contribution in [0.25, 0.3) is 0 Å². The maximum Gasteiger partial charge on any atom is 0.314 e. The number of methoxy groups -OCH3 is 1. The molecule has 0 aromatic heterocycles. The number of aromatic hydroxyl groups is 1. The van der Waals surface area contributed by atoms with Gasteiger partial charge in [-0.15, -0.1) is 0 Å². The van der Waals surface area contributed by atoms with Crippen LogP contribution in [-0.4, -0.2) is 30.5 Å². The molecule has 5 nitrogen and oxygen atoms in total. The monoisotopic (exact) mass is 279 g/mol. The van der Waals surface area contributed by atoms with Crippen molar-refractivity contribution in [3.63, 3.8) is 0 Å². The molecule has 1 atom stereocenters. The van der Waals surface area contributed by atoms with Crippen LogP contribution >= 0.6 is 0 Å². The molecule has 110 valence electrons. The van der Waals surface area contributed by atoms with Gasteiger partial charge in [-0.3, -0.25) is 4.79 Å². The molecule has 5 heteroatoms. The van der Waals surface area contributed by atoms with Gasteiger partial charge in [0, 0.05) is 0 Å². The van der Waals surface area contributed by atoms with Crippen molar-refractivity contribution in [2.75, 3.05) is 13.7 Å². The lowest BCUT2D eigenvalue weighted by atomic mass is 9.93. The molecule has 0 spiro atoms. The van der Waals surface area contributed by atoms with Crippen molar-refractivity contribution < 1.29 is 19.5 Å². The number of rotatable bonds is 7. The summed E-state index contributed by atoms with van der Waals surface area (Å²) >= 11 is 0. The largest absolute Gasteiger partial charge is 0.508 e. The van der Waals surface area contributed by atoms with Gasteiger partial charge in [0.15, 0.2) is 0 Å². The highest BCUT2D eigenvalue weighted by Gasteiger charge is 2.25. The van der Waals surface area contributed by atoms with Crippen LogP contribution in [-0.2, 0) is 20.8 Å². The molecular formula is C15H21NO4. The van der Waals surface area contributed by atoms with Gasteiger partial charge >= 0.3 is 5.97 Å². The van der Waals surface area contributed by atoms with E-state index in [4.69, 9.17) is 9.57 Å². The zero-order valence-electron chi connectivity index (χ0n) is 12.1. The van der Waals surface area contributed by atoms with Gasteiger partial charge in [-0.25, -0.2) is 0 Å². The highest BCUT2D eigenvalue weighted by Crippen LogP contribution is 2.17. The topological polar surface area (TPSA) is 68.1 Å². The number of hydrogen-bond donors (Lipinski definition) is 1. The van der Waals surface area contributed by atoms with E-state index < -0.39 is 5.92 Å². The molecule has 0 fully saturated rings. The molecule has 1 N–H and O–H groups in total. The number of nitrogens with zero attached hydrogens (tertiary/aromatic N) is 1. The van der Waals surface area contributed by atoms with E-state index in [1.54, 1.807) is 24.3 Å². The third-order valence-electron chi connectivity index (χ3n) is 2.94. The Labute approximate surface area is 119 Å². The Kier molecular flexibility index (Phi) is 6.56. The second-order valence-electron chi connectivity index (χ2n) is 4.30. The second kappa shape index (κ2) is 8.19. The Morgan fingerprint density at radius 3 is 2.45 bits per heavy atom. The fourth-order valence-electron chi connectivity index (χ4n) is 1.87. The van der Waals surface area contributed by atoms with Crippen molar-refractivity contribution in [2.24, 2.45) is 11.1 Å². The molecule has 20 heavy (non-hydrogen) atoms. The maximum atomic E-state index is 11.9. The Hall–Kier alpha value is -2.04. The number of carbonyl (C=O) groups excluding carboxylic acids is 1. The quantitative estimate of drug-likeness (QED) is 0.473. The van der Waals surface area contributed by atoms with E-state index in [0.717, 1.165) is 5.56 Å². The molecule has 1 unspecified atom stereocenters. The van der Waals surface area contributed by atoms with Crippen molar-refractivity contribution in [3.8, 4) is 5.75 Å². The first-order valence-electron chi connectivity index (χ1n) is 6.66. The molecule has 0 aliphatic rings. The van der Waals surface area contributed by atoms with Crippen LogP contribution in [0.1, 0.15) is 25.8 Å². The van der Waals surface area contributed by atoms with E-state index in [2.05, 4.69) is 5.16 Å². The molecular weight excluding hydrogens is 258 g/mol. The minimum atomic E-state index is -0.471. The molecule has 0 aliphatic heterocycles. The summed E-state index contributed by atoms with van der Waals surface area (Å²) in [5.41, 5.74) is 1.59. The molecule has 0 amide bonds. The molecule has 0 bridgehead atoms. The van der Waals surface area contributed by atoms with E-state index in [1.165, 1.54) is 7.11 Å². The lowest BCUT2D eigenvalue weighted by molar-refractivity contribution is -0.143. The van der Waals surface area contributed by atoms with Gasteiger partial charge < -0.3 is 14.7 Å². The van der Waals surface area contributed by atoms with Crippen LogP contribution in [0.5, 0.6) is 5.75 Å². The van der Waals surface area contributed by atoms with Crippen LogP contribution in [0.4, 0.5) is 0 Å². The lowest BCUT2D eigenvalue weighted by Gasteiger charge is -2.16. The van der Waals surface area contributed by atoms with Crippen LogP contribution in [0.3, 0.4) is 0 Å². The summed E-state index contributed by atoms with van der Waals surface area (Å²) in [5, 5.41) is 13.3. The first-order chi connectivity index (χ1) is 9.62. The second-order valence-corrected chi connectivity index (χ2v) is 4.30. The standard InChI is InChI=1S/C15H21NO4/c1-4-14(16-20-5-2)13(15(18)19-3)10-11-6-8-12(17)9-7-11/h6-9,13,17H,4-5,10H2,1-3H3/b16-14+. The molecule has 0 radical (unpaired) electrons. The van der Waals surface area contributed by atoms with Crippen molar-refractivity contribution in [1.29, 1.82) is 0 Å². The van der Waals surface area contributed by atoms with Crippen molar-refractivity contribution in [1.82, 2.24) is 0 Å². The summed E-state index contributed by atoms with van der Waals surface area (Å²) in [7, 11) is 1.36. The summed E-state index contributed by atoms with van der Waals surface area (Å²) in [5.74, 6) is -0.610. The van der Waals surface area contributed by atoms with E-state index in [-0.39, 0.29) is 11.7 Å². The van der Waals surface area contributed by atoms with E-state index in [9.17, 15) is 9.90 Å². The predicted molar refractivity (Wildman–Crippen MR) is 76.7 cm³/mol. The van der Waals surface area contributed by atoms with Gasteiger partial charge in [0.25, 0.3) is 0 Å². The molecule has 1 rings (SSSR count). The highest BCUT2D eigenvalue weighted by molar-refractivity contribution is 6.02. The van der Waals surface area contributed by atoms with Crippen LogP contribution in [0.15, 0.2) is 29.4 Å². The number of phenolic OH excluding ortho intramolecular Hbond substituents is 1. The fraction of sp³-hybridized carbons (Fsp3) is 0.467. The summed E-state index contributed by atoms with van der Waals surface area (Å²) in [6, 6.07) is 6.74. The van der Waals surface area contributed by atoms with Gasteiger partial charge in [0.1, 0.15) is 18.3 Å². The highest BCUT2D eigenvalue weighted by atomic mass is 16.6. The number of esters is 1. The van der Waals surface area contributed by atoms with Gasteiger partial charge in [-0.05, 0) is 37.5 Å².